The van der Waals surface area contributed by atoms with E-state index in [1.807, 2.05) is 0 Å². The summed E-state index contributed by atoms with van der Waals surface area (Å²) in [4.78, 5) is 57.3. The molecule has 3 aliphatic rings. The number of nitrogens with one attached hydrogen (secondary N) is 1. The van der Waals surface area contributed by atoms with Gasteiger partial charge in [-0.3, -0.25) is 14.4 Å². The zero-order valence-corrected chi connectivity index (χ0v) is 26.1. The molecule has 6 rings (SSSR count). The van der Waals surface area contributed by atoms with Gasteiger partial charge in [0.1, 0.15) is 6.61 Å². The van der Waals surface area contributed by atoms with Gasteiger partial charge in [-0.2, -0.15) is 0 Å². The number of ether oxygens (including phenoxy) is 4. The summed E-state index contributed by atoms with van der Waals surface area (Å²) in [5.41, 5.74) is 11.3. The summed E-state index contributed by atoms with van der Waals surface area (Å²) in [6.45, 7) is 1.74. The topological polar surface area (TPSA) is 187 Å². The number of esters is 2. The summed E-state index contributed by atoms with van der Waals surface area (Å²) in [6.07, 6.45) is -2.31. The smallest absolute Gasteiger partial charge is 0.457 e. The van der Waals surface area contributed by atoms with Crippen molar-refractivity contribution in [3.05, 3.63) is 50.8 Å². The number of alkyl halides is 3. The van der Waals surface area contributed by atoms with E-state index in [9.17, 15) is 28.0 Å². The molecule has 5 heterocycles. The number of halogens is 3. The number of unbranched alkanes of at least 4 members (excludes halogenated alkanes) is 1. The molecule has 1 aromatic carbocycles. The maximum atomic E-state index is 13.9. The van der Waals surface area contributed by atoms with Gasteiger partial charge in [0.25, 0.3) is 5.56 Å². The zero-order chi connectivity index (χ0) is 33.7. The standard InChI is InChI=1S/C31H32ClF2N5O8/c1-2-30(47-25(40)6-8-37-27(41)20(36)5-3-4-7-35)19-10-22-26-17(13-39(22)28(42)18(19)14-44-29(30)43)16(12-32)15-9-23-24(11-21(15)38-26)46-31(33,34)45-23/h9-11,20H,2-8,12-14,35-36H2,1H3,(H,37,41). The third-order valence-corrected chi connectivity index (χ3v) is 8.92. The van der Waals surface area contributed by atoms with Crippen LogP contribution in [-0.2, 0) is 48.5 Å². The molecule has 2 atom stereocenters. The Morgan fingerprint density at radius 3 is 2.62 bits per heavy atom. The molecule has 47 heavy (non-hydrogen) atoms. The second-order valence-electron chi connectivity index (χ2n) is 11.5. The van der Waals surface area contributed by atoms with Crippen LogP contribution in [0.4, 0.5) is 8.78 Å². The van der Waals surface area contributed by atoms with Gasteiger partial charge in [0, 0.05) is 35.0 Å². The SMILES string of the molecule is CCC1(OC(=O)CCNC(=O)C(N)CCCCN)C(=O)OCc2c1cc1n(c2=O)Cc2c-1nc1cc3c(cc1c2CCl)OC(F)(F)O3. The second-order valence-corrected chi connectivity index (χ2v) is 11.8. The normalized spacial score (nSPS) is 19.1. The van der Waals surface area contributed by atoms with Crippen molar-refractivity contribution in [2.75, 3.05) is 13.1 Å². The fourth-order valence-electron chi connectivity index (χ4n) is 6.22. The van der Waals surface area contributed by atoms with E-state index in [1.54, 1.807) is 13.0 Å². The van der Waals surface area contributed by atoms with Gasteiger partial charge >= 0.3 is 18.2 Å². The van der Waals surface area contributed by atoms with Crippen LogP contribution in [0.15, 0.2) is 23.0 Å². The molecule has 13 nitrogen and oxygen atoms in total. The van der Waals surface area contributed by atoms with Crippen molar-refractivity contribution in [1.29, 1.82) is 0 Å². The van der Waals surface area contributed by atoms with Crippen LogP contribution in [0.3, 0.4) is 0 Å². The van der Waals surface area contributed by atoms with Crippen molar-refractivity contribution >= 4 is 40.3 Å². The Balaban J connectivity index is 1.32. The number of hydrogen-bond donors (Lipinski definition) is 3. The van der Waals surface area contributed by atoms with Crippen molar-refractivity contribution < 1.29 is 42.1 Å². The Hall–Kier alpha value is -4.34. The van der Waals surface area contributed by atoms with Crippen LogP contribution < -0.4 is 31.8 Å². The number of fused-ring (bicyclic) bond motifs is 6. The molecule has 1 amide bonds. The van der Waals surface area contributed by atoms with Gasteiger partial charge in [-0.05, 0) is 43.5 Å². The lowest BCUT2D eigenvalue weighted by molar-refractivity contribution is -0.286. The zero-order valence-electron chi connectivity index (χ0n) is 25.3. The first kappa shape index (κ1) is 32.6. The molecule has 0 radical (unpaired) electrons. The van der Waals surface area contributed by atoms with E-state index in [-0.39, 0.29) is 66.6 Å². The minimum Gasteiger partial charge on any atom is -0.457 e. The summed E-state index contributed by atoms with van der Waals surface area (Å²) < 4.78 is 49.4. The highest BCUT2D eigenvalue weighted by Crippen LogP contribution is 2.46. The number of hydrogen-bond acceptors (Lipinski definition) is 11. The molecule has 0 spiro atoms. The number of rotatable bonds is 11. The molecule has 16 heteroatoms. The number of nitrogens with two attached hydrogens (primary N) is 2. The maximum Gasteiger partial charge on any atom is 0.586 e. The molecule has 250 valence electrons. The van der Waals surface area contributed by atoms with Crippen LogP contribution in [0.5, 0.6) is 11.5 Å². The third-order valence-electron chi connectivity index (χ3n) is 8.65. The van der Waals surface area contributed by atoms with Crippen LogP contribution in [0.1, 0.15) is 61.3 Å². The number of carbonyl (C=O) groups is 3. The van der Waals surface area contributed by atoms with Crippen molar-refractivity contribution in [3.8, 4) is 22.9 Å². The summed E-state index contributed by atoms with van der Waals surface area (Å²) in [5, 5.41) is 3.04. The lowest BCUT2D eigenvalue weighted by atomic mass is 9.85. The molecular formula is C31H32ClF2N5O8. The predicted octanol–water partition coefficient (Wildman–Crippen LogP) is 2.65. The highest BCUT2D eigenvalue weighted by atomic mass is 35.5. The number of nitrogens with zero attached hydrogens (tertiary/aromatic N) is 2. The van der Waals surface area contributed by atoms with Gasteiger partial charge < -0.3 is 40.3 Å². The largest absolute Gasteiger partial charge is 0.586 e. The van der Waals surface area contributed by atoms with Crippen LogP contribution in [0.25, 0.3) is 22.3 Å². The number of carbonyl (C=O) groups excluding carboxylic acids is 3. The molecular weight excluding hydrogens is 644 g/mol. The quantitative estimate of drug-likeness (QED) is 0.121. The number of amides is 1. The number of aromatic nitrogens is 2. The van der Waals surface area contributed by atoms with Crippen LogP contribution >= 0.6 is 11.6 Å². The van der Waals surface area contributed by atoms with E-state index < -0.39 is 41.3 Å². The fraction of sp³-hybridized carbons (Fsp3) is 0.452. The average Bonchev–Trinajstić information content (AvgIpc) is 3.55. The second kappa shape index (κ2) is 12.4. The fourth-order valence-corrected chi connectivity index (χ4v) is 6.53. The Morgan fingerprint density at radius 2 is 1.91 bits per heavy atom. The molecule has 0 saturated carbocycles. The molecule has 5 N–H and O–H groups in total. The first-order valence-corrected chi connectivity index (χ1v) is 15.7. The minimum atomic E-state index is -3.83. The van der Waals surface area contributed by atoms with Gasteiger partial charge in [0.05, 0.1) is 41.5 Å². The summed E-state index contributed by atoms with van der Waals surface area (Å²) in [5.74, 6) is -2.51. The van der Waals surface area contributed by atoms with E-state index in [2.05, 4.69) is 19.8 Å². The first-order valence-electron chi connectivity index (χ1n) is 15.1. The van der Waals surface area contributed by atoms with Crippen molar-refractivity contribution in [1.82, 2.24) is 14.9 Å². The predicted molar refractivity (Wildman–Crippen MR) is 163 cm³/mol. The molecule has 0 fully saturated rings. The molecule has 0 saturated heterocycles. The van der Waals surface area contributed by atoms with Crippen molar-refractivity contribution in [2.45, 2.75) is 76.0 Å². The summed E-state index contributed by atoms with van der Waals surface area (Å²) in [7, 11) is 0. The molecule has 2 aromatic heterocycles. The van der Waals surface area contributed by atoms with Crippen LogP contribution in [0, 0.1) is 0 Å². The molecule has 3 aromatic rings. The number of benzene rings is 1. The molecule has 2 unspecified atom stereocenters. The summed E-state index contributed by atoms with van der Waals surface area (Å²) >= 11 is 6.36. The Kier molecular flexibility index (Phi) is 8.57. The Bertz CT molecular complexity index is 1870. The van der Waals surface area contributed by atoms with Gasteiger partial charge in [0.15, 0.2) is 11.5 Å². The monoisotopic (exact) mass is 675 g/mol. The summed E-state index contributed by atoms with van der Waals surface area (Å²) in [6, 6.07) is 3.49. The Labute approximate surface area is 271 Å². The van der Waals surface area contributed by atoms with Crippen molar-refractivity contribution in [2.24, 2.45) is 11.5 Å². The number of cyclic esters (lactones) is 1. The lowest BCUT2D eigenvalue weighted by Gasteiger charge is -2.35. The van der Waals surface area contributed by atoms with Crippen LogP contribution in [-0.4, -0.2) is 52.8 Å². The molecule has 3 aliphatic heterocycles. The molecule has 0 aliphatic carbocycles. The van der Waals surface area contributed by atoms with Crippen molar-refractivity contribution in [3.63, 3.8) is 0 Å². The Morgan fingerprint density at radius 1 is 1.17 bits per heavy atom. The molecule has 0 bridgehead atoms. The van der Waals surface area contributed by atoms with Crippen LogP contribution in [0.2, 0.25) is 0 Å². The van der Waals surface area contributed by atoms with Gasteiger partial charge in [-0.15, -0.1) is 20.4 Å². The maximum absolute atomic E-state index is 13.9. The van der Waals surface area contributed by atoms with E-state index in [0.717, 1.165) is 6.42 Å². The number of pyridine rings is 2. The van der Waals surface area contributed by atoms with E-state index in [1.165, 1.54) is 16.7 Å². The van der Waals surface area contributed by atoms with E-state index in [0.29, 0.717) is 47.3 Å². The van der Waals surface area contributed by atoms with Gasteiger partial charge in [0.2, 0.25) is 11.5 Å². The van der Waals surface area contributed by atoms with E-state index in [4.69, 9.17) is 32.5 Å². The average molecular weight is 676 g/mol. The van der Waals surface area contributed by atoms with Gasteiger partial charge in [-0.25, -0.2) is 9.78 Å². The third kappa shape index (κ3) is 5.65. The van der Waals surface area contributed by atoms with Gasteiger partial charge in [-0.1, -0.05) is 13.3 Å². The first-order chi connectivity index (χ1) is 22.4. The highest BCUT2D eigenvalue weighted by molar-refractivity contribution is 6.18. The van der Waals surface area contributed by atoms with E-state index >= 15 is 0 Å². The highest BCUT2D eigenvalue weighted by Gasteiger charge is 2.50. The lowest BCUT2D eigenvalue weighted by Crippen LogP contribution is -2.48. The minimum absolute atomic E-state index is 0.0346.